The fourth-order valence-electron chi connectivity index (χ4n) is 2.30. The van der Waals surface area contributed by atoms with E-state index in [1.165, 1.54) is 24.8 Å². The number of amides is 2. The van der Waals surface area contributed by atoms with Crippen molar-refractivity contribution in [3.05, 3.63) is 48.4 Å². The molecule has 0 radical (unpaired) electrons. The molecule has 3 N–H and O–H groups in total. The van der Waals surface area contributed by atoms with Crippen LogP contribution in [-0.4, -0.2) is 23.1 Å². The number of furan rings is 1. The zero-order chi connectivity index (χ0) is 18.6. The molecule has 0 saturated heterocycles. The molecule has 0 aliphatic heterocycles. The Hall–Kier alpha value is -3.09. The van der Waals surface area contributed by atoms with E-state index >= 15 is 0 Å². The molecule has 0 aliphatic carbocycles. The van der Waals surface area contributed by atoms with Crippen molar-refractivity contribution in [1.29, 1.82) is 0 Å². The molecule has 0 spiro atoms. The van der Waals surface area contributed by atoms with Gasteiger partial charge < -0.3 is 14.8 Å². The summed E-state index contributed by atoms with van der Waals surface area (Å²) in [6, 6.07) is 8.37. The largest absolute Gasteiger partial charge is 0.506 e. The Morgan fingerprint density at radius 1 is 1.04 bits per heavy atom. The molecule has 1 aromatic heterocycles. The summed E-state index contributed by atoms with van der Waals surface area (Å²) in [5.41, 5.74) is 3.67. The van der Waals surface area contributed by atoms with Crippen molar-refractivity contribution in [3.63, 3.8) is 0 Å². The van der Waals surface area contributed by atoms with Crippen LogP contribution in [0.1, 0.15) is 44.1 Å². The molecule has 0 bridgehead atoms. The maximum atomic E-state index is 11.8. The molecular weight excluding hydrogens is 334 g/mol. The lowest BCUT2D eigenvalue weighted by Gasteiger charge is -2.06. The van der Waals surface area contributed by atoms with Crippen LogP contribution in [0.4, 0.5) is 5.69 Å². The van der Waals surface area contributed by atoms with Gasteiger partial charge in [0.15, 0.2) is 0 Å². The van der Waals surface area contributed by atoms with Crippen LogP contribution in [0.2, 0.25) is 0 Å². The molecule has 0 saturated carbocycles. The maximum Gasteiger partial charge on any atom is 0.240 e. The van der Waals surface area contributed by atoms with E-state index in [2.05, 4.69) is 15.8 Å². The van der Waals surface area contributed by atoms with E-state index in [4.69, 9.17) is 4.42 Å². The lowest BCUT2D eigenvalue weighted by Crippen LogP contribution is -2.16. The number of carbonyl (C=O) groups excluding carboxylic acids is 2. The normalized spacial score (nSPS) is 10.8. The van der Waals surface area contributed by atoms with Crippen molar-refractivity contribution in [2.75, 3.05) is 5.32 Å². The number of nitrogens with one attached hydrogen (secondary N) is 2. The minimum absolute atomic E-state index is 0.0577. The average Bonchev–Trinajstić information content (AvgIpc) is 3.13. The van der Waals surface area contributed by atoms with Crippen molar-refractivity contribution in [1.82, 2.24) is 5.43 Å². The first kappa shape index (κ1) is 19.2. The van der Waals surface area contributed by atoms with E-state index in [-0.39, 0.29) is 17.6 Å². The van der Waals surface area contributed by atoms with Gasteiger partial charge >= 0.3 is 0 Å². The Bertz CT molecular complexity index is 726. The number of benzene rings is 1. The molecule has 2 rings (SSSR count). The topological polar surface area (TPSA) is 104 Å². The van der Waals surface area contributed by atoms with E-state index in [1.807, 2.05) is 0 Å². The third kappa shape index (κ3) is 7.21. The van der Waals surface area contributed by atoms with Gasteiger partial charge in [-0.15, -0.1) is 0 Å². The van der Waals surface area contributed by atoms with Gasteiger partial charge in [0.2, 0.25) is 11.8 Å². The van der Waals surface area contributed by atoms with E-state index in [9.17, 15) is 14.7 Å². The summed E-state index contributed by atoms with van der Waals surface area (Å²) in [5.74, 6) is -0.206. The second kappa shape index (κ2) is 10.7. The van der Waals surface area contributed by atoms with E-state index in [0.717, 1.165) is 31.2 Å². The number of hydrogen-bond donors (Lipinski definition) is 3. The number of carbonyl (C=O) groups is 2. The fraction of sp³-hybridized carbons (Fsp3) is 0.316. The molecule has 0 unspecified atom stereocenters. The Morgan fingerprint density at radius 3 is 2.46 bits per heavy atom. The van der Waals surface area contributed by atoms with Crippen LogP contribution in [0.25, 0.3) is 0 Å². The Kier molecular flexibility index (Phi) is 7.92. The zero-order valence-corrected chi connectivity index (χ0v) is 14.5. The van der Waals surface area contributed by atoms with Crippen LogP contribution in [0.3, 0.4) is 0 Å². The quantitative estimate of drug-likeness (QED) is 0.262. The predicted molar refractivity (Wildman–Crippen MR) is 98.9 cm³/mol. The summed E-state index contributed by atoms with van der Waals surface area (Å²) in [6.45, 7) is 0. The summed E-state index contributed by atoms with van der Waals surface area (Å²) in [6.07, 6.45) is 8.57. The van der Waals surface area contributed by atoms with Gasteiger partial charge in [0.05, 0.1) is 24.4 Å². The maximum absolute atomic E-state index is 11.8. The summed E-state index contributed by atoms with van der Waals surface area (Å²) >= 11 is 0. The molecule has 7 nitrogen and oxygen atoms in total. The first-order valence-electron chi connectivity index (χ1n) is 8.57. The van der Waals surface area contributed by atoms with Gasteiger partial charge in [-0.25, -0.2) is 5.43 Å². The first-order valence-corrected chi connectivity index (χ1v) is 8.57. The smallest absolute Gasteiger partial charge is 0.240 e. The molecule has 0 fully saturated rings. The Morgan fingerprint density at radius 2 is 1.77 bits per heavy atom. The van der Waals surface area contributed by atoms with Crippen LogP contribution in [0.15, 0.2) is 52.4 Å². The second-order valence-electron chi connectivity index (χ2n) is 5.83. The molecule has 2 amide bonds. The second-order valence-corrected chi connectivity index (χ2v) is 5.83. The van der Waals surface area contributed by atoms with Gasteiger partial charge in [-0.1, -0.05) is 25.0 Å². The van der Waals surface area contributed by atoms with Crippen molar-refractivity contribution in [2.24, 2.45) is 5.10 Å². The molecule has 26 heavy (non-hydrogen) atoms. The Balaban J connectivity index is 1.50. The van der Waals surface area contributed by atoms with Crippen LogP contribution in [-0.2, 0) is 9.59 Å². The molecule has 1 aromatic carbocycles. The summed E-state index contributed by atoms with van der Waals surface area (Å²) in [4.78, 5) is 23.4. The molecule has 0 atom stereocenters. The van der Waals surface area contributed by atoms with Gasteiger partial charge in [-0.05, 0) is 31.0 Å². The molecule has 138 valence electrons. The van der Waals surface area contributed by atoms with Crippen LogP contribution in [0, 0.1) is 0 Å². The van der Waals surface area contributed by atoms with Crippen LogP contribution >= 0.6 is 0 Å². The van der Waals surface area contributed by atoms with Gasteiger partial charge in [0.25, 0.3) is 0 Å². The van der Waals surface area contributed by atoms with Crippen LogP contribution < -0.4 is 10.7 Å². The van der Waals surface area contributed by atoms with Gasteiger partial charge in [-0.3, -0.25) is 9.59 Å². The first-order chi connectivity index (χ1) is 12.6. The number of hydrazone groups is 1. The number of phenolic OH excluding ortho intramolecular Hbond substituents is 1. The highest BCUT2D eigenvalue weighted by Gasteiger charge is 2.05. The molecular formula is C19H23N3O4. The number of rotatable bonds is 10. The fourth-order valence-corrected chi connectivity index (χ4v) is 2.30. The zero-order valence-electron chi connectivity index (χ0n) is 14.5. The Labute approximate surface area is 152 Å². The summed E-state index contributed by atoms with van der Waals surface area (Å²) in [5, 5.41) is 16.1. The summed E-state index contributed by atoms with van der Waals surface area (Å²) < 4.78 is 4.89. The highest BCUT2D eigenvalue weighted by molar-refractivity contribution is 5.92. The third-order valence-electron chi connectivity index (χ3n) is 3.68. The molecule has 7 heteroatoms. The molecule has 2 aromatic rings. The number of unbranched alkanes of at least 4 members (excludes halogenated alkanes) is 3. The van der Waals surface area contributed by atoms with E-state index in [0.29, 0.717) is 18.5 Å². The van der Waals surface area contributed by atoms with Gasteiger partial charge in [0.1, 0.15) is 5.75 Å². The van der Waals surface area contributed by atoms with Crippen molar-refractivity contribution >= 4 is 23.7 Å². The van der Waals surface area contributed by atoms with Gasteiger partial charge in [-0.2, -0.15) is 5.10 Å². The number of phenols is 1. The molecule has 0 aliphatic rings. The minimum atomic E-state index is -0.137. The SMILES string of the molecule is O=C(CCCCCCC(=O)Nc1ccccc1O)N/N=C/c1ccoc1. The third-order valence-corrected chi connectivity index (χ3v) is 3.68. The predicted octanol–water partition coefficient (Wildman–Crippen LogP) is 3.41. The standard InChI is InChI=1S/C19H23N3O4/c23-17-8-6-5-7-16(17)21-18(24)9-3-1-2-4-10-19(25)22-20-13-15-11-12-26-14-15/h5-8,11-14,23H,1-4,9-10H2,(H,21,24)(H,22,25)/b20-13+. The van der Waals surface area contributed by atoms with E-state index < -0.39 is 0 Å². The lowest BCUT2D eigenvalue weighted by atomic mass is 10.1. The van der Waals surface area contributed by atoms with Crippen LogP contribution in [0.5, 0.6) is 5.75 Å². The lowest BCUT2D eigenvalue weighted by molar-refractivity contribution is -0.121. The highest BCUT2D eigenvalue weighted by Crippen LogP contribution is 2.21. The molecule has 1 heterocycles. The minimum Gasteiger partial charge on any atom is -0.506 e. The number of nitrogens with zero attached hydrogens (tertiary/aromatic N) is 1. The number of anilines is 1. The number of aromatic hydroxyl groups is 1. The van der Waals surface area contributed by atoms with E-state index in [1.54, 1.807) is 24.3 Å². The monoisotopic (exact) mass is 357 g/mol. The van der Waals surface area contributed by atoms with Crippen molar-refractivity contribution < 1.29 is 19.1 Å². The van der Waals surface area contributed by atoms with Gasteiger partial charge in [0, 0.05) is 18.4 Å². The van der Waals surface area contributed by atoms with Crippen molar-refractivity contribution in [2.45, 2.75) is 38.5 Å². The highest BCUT2D eigenvalue weighted by atomic mass is 16.3. The number of para-hydroxylation sites is 2. The average molecular weight is 357 g/mol. The summed E-state index contributed by atoms with van der Waals surface area (Å²) in [7, 11) is 0. The van der Waals surface area contributed by atoms with Crippen molar-refractivity contribution in [3.8, 4) is 5.75 Å². The number of hydrogen-bond acceptors (Lipinski definition) is 5.